The Labute approximate surface area is 119 Å². The van der Waals surface area contributed by atoms with Crippen LogP contribution in [0.15, 0.2) is 48.8 Å². The lowest BCUT2D eigenvalue weighted by atomic mass is 10.1. The molecule has 0 bridgehead atoms. The van der Waals surface area contributed by atoms with Gasteiger partial charge in [0.15, 0.2) is 0 Å². The minimum atomic E-state index is 0.128. The van der Waals surface area contributed by atoms with E-state index in [1.54, 1.807) is 0 Å². The average Bonchev–Trinajstić information content (AvgIpc) is 2.85. The molecular formula is C17H19N3. The third-order valence-corrected chi connectivity index (χ3v) is 3.93. The molecule has 0 aliphatic heterocycles. The molecule has 3 heteroatoms. The molecule has 0 fully saturated rings. The second kappa shape index (κ2) is 5.10. The first-order valence-electron chi connectivity index (χ1n) is 6.89. The zero-order chi connectivity index (χ0) is 14.1. The van der Waals surface area contributed by atoms with E-state index in [2.05, 4.69) is 47.7 Å². The number of aryl methyl sites for hydroxylation is 2. The largest absolute Gasteiger partial charge is 0.328 e. The van der Waals surface area contributed by atoms with Gasteiger partial charge in [-0.05, 0) is 42.7 Å². The van der Waals surface area contributed by atoms with E-state index in [1.165, 1.54) is 16.7 Å². The number of aromatic nitrogens is 2. The maximum atomic E-state index is 6.01. The summed E-state index contributed by atoms with van der Waals surface area (Å²) in [6.45, 7) is 4.81. The van der Waals surface area contributed by atoms with Crippen LogP contribution < -0.4 is 5.73 Å². The molecule has 2 aromatic carbocycles. The molecule has 102 valence electrons. The predicted molar refractivity (Wildman–Crippen MR) is 82.8 cm³/mol. The molecule has 1 heterocycles. The first-order chi connectivity index (χ1) is 9.70. The van der Waals surface area contributed by atoms with Crippen LogP contribution in [0, 0.1) is 13.8 Å². The van der Waals surface area contributed by atoms with Gasteiger partial charge in [-0.25, -0.2) is 4.98 Å². The van der Waals surface area contributed by atoms with Crippen molar-refractivity contribution in [2.45, 2.75) is 19.9 Å². The van der Waals surface area contributed by atoms with Crippen LogP contribution in [0.5, 0.6) is 0 Å². The van der Waals surface area contributed by atoms with E-state index in [4.69, 9.17) is 5.73 Å². The van der Waals surface area contributed by atoms with Crippen LogP contribution in [0.1, 0.15) is 22.7 Å². The van der Waals surface area contributed by atoms with Crippen LogP contribution in [-0.2, 0) is 0 Å². The third kappa shape index (κ3) is 2.10. The summed E-state index contributed by atoms with van der Waals surface area (Å²) in [5.41, 5.74) is 11.9. The number of nitrogens with zero attached hydrogens (tertiary/aromatic N) is 2. The van der Waals surface area contributed by atoms with Gasteiger partial charge in [0.05, 0.1) is 23.4 Å². The second-order valence-corrected chi connectivity index (χ2v) is 5.24. The summed E-state index contributed by atoms with van der Waals surface area (Å²) in [4.78, 5) is 4.52. The Bertz CT molecular complexity index is 729. The first kappa shape index (κ1) is 12.9. The van der Waals surface area contributed by atoms with Crippen molar-refractivity contribution in [3.63, 3.8) is 0 Å². The smallest absolute Gasteiger partial charge is 0.0964 e. The van der Waals surface area contributed by atoms with Crippen molar-refractivity contribution < 1.29 is 0 Å². The van der Waals surface area contributed by atoms with Gasteiger partial charge < -0.3 is 10.3 Å². The number of hydrogen-bond donors (Lipinski definition) is 1. The van der Waals surface area contributed by atoms with E-state index in [1.807, 2.05) is 24.5 Å². The molecule has 0 aliphatic rings. The molecule has 1 aromatic heterocycles. The van der Waals surface area contributed by atoms with Crippen LogP contribution in [0.25, 0.3) is 11.0 Å². The highest BCUT2D eigenvalue weighted by Crippen LogP contribution is 2.25. The summed E-state index contributed by atoms with van der Waals surface area (Å²) in [7, 11) is 0. The van der Waals surface area contributed by atoms with E-state index >= 15 is 0 Å². The normalized spacial score (nSPS) is 12.8. The van der Waals surface area contributed by atoms with Gasteiger partial charge in [-0.3, -0.25) is 0 Å². The molecule has 0 saturated carbocycles. The van der Waals surface area contributed by atoms with Gasteiger partial charge in [0, 0.05) is 6.54 Å². The standard InChI is InChI=1S/C17H19N3/c1-12-8-15-16(9-13(12)2)20(11-19-15)17(10-18)14-6-4-3-5-7-14/h3-9,11,17H,10,18H2,1-2H3. The molecule has 2 N–H and O–H groups in total. The van der Waals surface area contributed by atoms with E-state index < -0.39 is 0 Å². The highest BCUT2D eigenvalue weighted by atomic mass is 15.1. The van der Waals surface area contributed by atoms with Crippen LogP contribution in [0.2, 0.25) is 0 Å². The molecule has 1 atom stereocenters. The van der Waals surface area contributed by atoms with Gasteiger partial charge >= 0.3 is 0 Å². The fourth-order valence-electron chi connectivity index (χ4n) is 2.62. The number of rotatable bonds is 3. The zero-order valence-electron chi connectivity index (χ0n) is 11.9. The predicted octanol–water partition coefficient (Wildman–Crippen LogP) is 3.20. The molecule has 20 heavy (non-hydrogen) atoms. The van der Waals surface area contributed by atoms with Crippen molar-refractivity contribution in [1.29, 1.82) is 0 Å². The molecular weight excluding hydrogens is 246 g/mol. The lowest BCUT2D eigenvalue weighted by Gasteiger charge is -2.18. The van der Waals surface area contributed by atoms with E-state index in [9.17, 15) is 0 Å². The Morgan fingerprint density at radius 1 is 1.10 bits per heavy atom. The van der Waals surface area contributed by atoms with Gasteiger partial charge in [0.25, 0.3) is 0 Å². The van der Waals surface area contributed by atoms with E-state index in [0.717, 1.165) is 11.0 Å². The summed E-state index contributed by atoms with van der Waals surface area (Å²) >= 11 is 0. The Morgan fingerprint density at radius 2 is 1.80 bits per heavy atom. The lowest BCUT2D eigenvalue weighted by Crippen LogP contribution is -2.19. The fraction of sp³-hybridized carbons (Fsp3) is 0.235. The molecule has 3 rings (SSSR count). The minimum Gasteiger partial charge on any atom is -0.328 e. The van der Waals surface area contributed by atoms with Gasteiger partial charge in [0.1, 0.15) is 0 Å². The first-order valence-corrected chi connectivity index (χ1v) is 6.89. The molecule has 0 amide bonds. The Hall–Kier alpha value is -2.13. The van der Waals surface area contributed by atoms with Crippen LogP contribution >= 0.6 is 0 Å². The maximum absolute atomic E-state index is 6.01. The van der Waals surface area contributed by atoms with Gasteiger partial charge in [-0.2, -0.15) is 0 Å². The number of imidazole rings is 1. The fourth-order valence-corrected chi connectivity index (χ4v) is 2.62. The minimum absolute atomic E-state index is 0.128. The van der Waals surface area contributed by atoms with Crippen molar-refractivity contribution in [3.8, 4) is 0 Å². The molecule has 3 nitrogen and oxygen atoms in total. The van der Waals surface area contributed by atoms with Gasteiger partial charge in [0.2, 0.25) is 0 Å². The average molecular weight is 265 g/mol. The quantitative estimate of drug-likeness (QED) is 0.790. The van der Waals surface area contributed by atoms with Crippen molar-refractivity contribution in [1.82, 2.24) is 9.55 Å². The highest BCUT2D eigenvalue weighted by Gasteiger charge is 2.15. The van der Waals surface area contributed by atoms with Crippen LogP contribution in [0.3, 0.4) is 0 Å². The van der Waals surface area contributed by atoms with E-state index in [0.29, 0.717) is 6.54 Å². The summed E-state index contributed by atoms with van der Waals surface area (Å²) < 4.78 is 2.18. The summed E-state index contributed by atoms with van der Waals surface area (Å²) in [6.07, 6.45) is 1.90. The van der Waals surface area contributed by atoms with Crippen LogP contribution in [0.4, 0.5) is 0 Å². The summed E-state index contributed by atoms with van der Waals surface area (Å²) in [5, 5.41) is 0. The van der Waals surface area contributed by atoms with Gasteiger partial charge in [-0.15, -0.1) is 0 Å². The summed E-state index contributed by atoms with van der Waals surface area (Å²) in [6, 6.07) is 14.8. The van der Waals surface area contributed by atoms with Crippen LogP contribution in [-0.4, -0.2) is 16.1 Å². The Balaban J connectivity index is 2.15. The highest BCUT2D eigenvalue weighted by molar-refractivity contribution is 5.77. The van der Waals surface area contributed by atoms with Gasteiger partial charge in [-0.1, -0.05) is 30.3 Å². The molecule has 1 unspecified atom stereocenters. The SMILES string of the molecule is Cc1cc2ncn(C(CN)c3ccccc3)c2cc1C. The molecule has 0 radical (unpaired) electrons. The number of benzene rings is 2. The Morgan fingerprint density at radius 3 is 2.50 bits per heavy atom. The molecule has 0 aliphatic carbocycles. The zero-order valence-corrected chi connectivity index (χ0v) is 11.9. The maximum Gasteiger partial charge on any atom is 0.0964 e. The second-order valence-electron chi connectivity index (χ2n) is 5.24. The topological polar surface area (TPSA) is 43.8 Å². The summed E-state index contributed by atoms with van der Waals surface area (Å²) in [5.74, 6) is 0. The molecule has 0 saturated heterocycles. The number of hydrogen-bond acceptors (Lipinski definition) is 2. The Kier molecular flexibility index (Phi) is 3.28. The number of nitrogens with two attached hydrogens (primary N) is 1. The van der Waals surface area contributed by atoms with Crippen molar-refractivity contribution in [3.05, 3.63) is 65.5 Å². The van der Waals surface area contributed by atoms with Crippen molar-refractivity contribution >= 4 is 11.0 Å². The van der Waals surface area contributed by atoms with E-state index in [-0.39, 0.29) is 6.04 Å². The molecule has 3 aromatic rings. The monoisotopic (exact) mass is 265 g/mol. The molecule has 0 spiro atoms. The lowest BCUT2D eigenvalue weighted by molar-refractivity contribution is 0.610. The van der Waals surface area contributed by atoms with Crippen molar-refractivity contribution in [2.24, 2.45) is 5.73 Å². The van der Waals surface area contributed by atoms with Crippen molar-refractivity contribution in [2.75, 3.05) is 6.54 Å². The third-order valence-electron chi connectivity index (χ3n) is 3.93. The number of fused-ring (bicyclic) bond motifs is 1.